The highest BCUT2D eigenvalue weighted by atomic mass is 19.4. The van der Waals surface area contributed by atoms with E-state index in [1.54, 1.807) is 13.8 Å². The van der Waals surface area contributed by atoms with Gasteiger partial charge in [0.2, 0.25) is 0 Å². The third-order valence-electron chi connectivity index (χ3n) is 6.90. The van der Waals surface area contributed by atoms with E-state index in [9.17, 15) is 23.1 Å². The highest BCUT2D eigenvalue weighted by Gasteiger charge is 2.41. The zero-order valence-corrected chi connectivity index (χ0v) is 20.6. The van der Waals surface area contributed by atoms with Crippen molar-refractivity contribution in [3.8, 4) is 11.5 Å². The number of hydrogen-bond acceptors (Lipinski definition) is 5. The van der Waals surface area contributed by atoms with Gasteiger partial charge in [-0.1, -0.05) is 24.6 Å². The maximum Gasteiger partial charge on any atom is 0.437 e. The molecule has 9 heteroatoms. The zero-order chi connectivity index (χ0) is 26.1. The van der Waals surface area contributed by atoms with Gasteiger partial charge in [0.1, 0.15) is 11.5 Å². The second-order valence-corrected chi connectivity index (χ2v) is 9.73. The van der Waals surface area contributed by atoms with Crippen molar-refractivity contribution in [3.05, 3.63) is 52.7 Å². The van der Waals surface area contributed by atoms with Gasteiger partial charge in [0.05, 0.1) is 24.0 Å². The lowest BCUT2D eigenvalue weighted by atomic mass is 9.76. The third kappa shape index (κ3) is 5.01. The molecule has 1 heterocycles. The van der Waals surface area contributed by atoms with Crippen molar-refractivity contribution in [2.75, 3.05) is 13.2 Å². The van der Waals surface area contributed by atoms with Crippen LogP contribution in [0.2, 0.25) is 0 Å². The number of alkyl halides is 3. The number of carbonyl (C=O) groups is 1. The number of fused-ring (bicyclic) bond motifs is 2. The Bertz CT molecular complexity index is 1250. The molecular formula is C27H30F3NO5. The Balaban J connectivity index is 1.35. The molecule has 194 valence electrons. The van der Waals surface area contributed by atoms with Gasteiger partial charge >= 0.3 is 12.1 Å². The van der Waals surface area contributed by atoms with Gasteiger partial charge in [0, 0.05) is 17.9 Å². The molecule has 1 aliphatic carbocycles. The Morgan fingerprint density at radius 3 is 2.61 bits per heavy atom. The molecule has 0 amide bonds. The van der Waals surface area contributed by atoms with Crippen LogP contribution in [0.4, 0.5) is 13.2 Å². The Morgan fingerprint density at radius 2 is 1.92 bits per heavy atom. The van der Waals surface area contributed by atoms with E-state index in [1.165, 1.54) is 12.1 Å². The summed E-state index contributed by atoms with van der Waals surface area (Å²) in [7, 11) is 0. The van der Waals surface area contributed by atoms with Crippen LogP contribution in [0.25, 0.3) is 11.0 Å². The number of carboxylic acids is 1. The molecule has 0 bridgehead atoms. The minimum Gasteiger partial charge on any atom is -0.493 e. The standard InChI is InChI=1S/C27H30F3NO5/c1-4-6-19-22(12-10-20-23(19)36-31-24(20)27(28,29)30)35-14-5-13-34-17-8-9-18-16(15-17)7-11-21(18)26(2,3)25(32)33/h8-10,12,15,21H,4-7,11,13-14H2,1-3H3,(H,32,33)/t21-/m1/s1. The summed E-state index contributed by atoms with van der Waals surface area (Å²) in [6.07, 6.45) is -1.18. The number of benzene rings is 2. The molecule has 0 radical (unpaired) electrons. The maximum atomic E-state index is 13.2. The van der Waals surface area contributed by atoms with Crippen LogP contribution in [0, 0.1) is 5.41 Å². The lowest BCUT2D eigenvalue weighted by Gasteiger charge is -2.27. The van der Waals surface area contributed by atoms with E-state index in [0.717, 1.165) is 29.7 Å². The van der Waals surface area contributed by atoms with Gasteiger partial charge in [-0.2, -0.15) is 13.2 Å². The second-order valence-electron chi connectivity index (χ2n) is 9.73. The van der Waals surface area contributed by atoms with Crippen molar-refractivity contribution < 1.29 is 37.1 Å². The molecule has 0 aliphatic heterocycles. The van der Waals surface area contributed by atoms with E-state index < -0.39 is 23.3 Å². The van der Waals surface area contributed by atoms with Crippen molar-refractivity contribution in [1.82, 2.24) is 5.16 Å². The molecule has 1 aromatic heterocycles. The first-order chi connectivity index (χ1) is 17.0. The van der Waals surface area contributed by atoms with Crippen molar-refractivity contribution in [3.63, 3.8) is 0 Å². The molecule has 0 saturated heterocycles. The van der Waals surface area contributed by atoms with E-state index >= 15 is 0 Å². The average Bonchev–Trinajstić information content (AvgIpc) is 3.44. The molecule has 0 saturated carbocycles. The van der Waals surface area contributed by atoms with Gasteiger partial charge < -0.3 is 19.1 Å². The number of carboxylic acid groups (broad SMARTS) is 1. The summed E-state index contributed by atoms with van der Waals surface area (Å²) in [5.74, 6) is 0.375. The Kier molecular flexibility index (Phi) is 7.20. The Morgan fingerprint density at radius 1 is 1.17 bits per heavy atom. The molecule has 3 aromatic rings. The predicted molar refractivity (Wildman–Crippen MR) is 128 cm³/mol. The SMILES string of the molecule is CCCc1c(OCCCOc2ccc3c(c2)CC[C@H]3C(C)(C)C(=O)O)ccc2c(C(F)(F)F)noc12. The van der Waals surface area contributed by atoms with Gasteiger partial charge in [-0.3, -0.25) is 4.79 Å². The summed E-state index contributed by atoms with van der Waals surface area (Å²) in [6, 6.07) is 8.68. The number of halogens is 3. The van der Waals surface area contributed by atoms with Crippen LogP contribution < -0.4 is 9.47 Å². The molecule has 1 atom stereocenters. The summed E-state index contributed by atoms with van der Waals surface area (Å²) in [5, 5.41) is 12.8. The number of rotatable bonds is 10. The Hall–Kier alpha value is -3.23. The zero-order valence-electron chi connectivity index (χ0n) is 20.6. The van der Waals surface area contributed by atoms with Crippen LogP contribution in [0.3, 0.4) is 0 Å². The van der Waals surface area contributed by atoms with Crippen LogP contribution in [0.5, 0.6) is 11.5 Å². The van der Waals surface area contributed by atoms with E-state index in [2.05, 4.69) is 5.16 Å². The largest absolute Gasteiger partial charge is 0.493 e. The normalized spacial score (nSPS) is 15.8. The number of aromatic nitrogens is 1. The lowest BCUT2D eigenvalue weighted by molar-refractivity contribution is -0.148. The van der Waals surface area contributed by atoms with Gasteiger partial charge in [-0.25, -0.2) is 0 Å². The van der Waals surface area contributed by atoms with Gasteiger partial charge in [-0.15, -0.1) is 0 Å². The molecule has 0 spiro atoms. The molecule has 0 fully saturated rings. The molecule has 1 aliphatic rings. The van der Waals surface area contributed by atoms with Crippen molar-refractivity contribution >= 4 is 16.9 Å². The highest BCUT2D eigenvalue weighted by molar-refractivity contribution is 5.85. The van der Waals surface area contributed by atoms with E-state index in [4.69, 9.17) is 14.0 Å². The predicted octanol–water partition coefficient (Wildman–Crippen LogP) is 6.79. The molecule has 4 rings (SSSR count). The minimum atomic E-state index is -4.58. The number of aliphatic carboxylic acids is 1. The monoisotopic (exact) mass is 505 g/mol. The number of aryl methyl sites for hydroxylation is 2. The summed E-state index contributed by atoms with van der Waals surface area (Å²) in [5.41, 5.74) is 1.02. The van der Waals surface area contributed by atoms with Gasteiger partial charge in [0.25, 0.3) is 0 Å². The molecule has 36 heavy (non-hydrogen) atoms. The van der Waals surface area contributed by atoms with Crippen LogP contribution in [0.1, 0.15) is 68.3 Å². The molecular weight excluding hydrogens is 475 g/mol. The topological polar surface area (TPSA) is 81.8 Å². The molecule has 2 aromatic carbocycles. The fraction of sp³-hybridized carbons (Fsp3) is 0.481. The van der Waals surface area contributed by atoms with Crippen LogP contribution in [-0.2, 0) is 23.8 Å². The van der Waals surface area contributed by atoms with Crippen molar-refractivity contribution in [2.45, 2.75) is 65.0 Å². The van der Waals surface area contributed by atoms with Crippen LogP contribution in [-0.4, -0.2) is 29.4 Å². The molecule has 1 N–H and O–H groups in total. The van der Waals surface area contributed by atoms with E-state index in [-0.39, 0.29) is 16.9 Å². The number of hydrogen-bond donors (Lipinski definition) is 1. The van der Waals surface area contributed by atoms with E-state index in [1.807, 2.05) is 25.1 Å². The van der Waals surface area contributed by atoms with E-state index in [0.29, 0.717) is 43.8 Å². The van der Waals surface area contributed by atoms with Crippen LogP contribution >= 0.6 is 0 Å². The maximum absolute atomic E-state index is 13.2. The van der Waals surface area contributed by atoms with Crippen LogP contribution in [0.15, 0.2) is 34.9 Å². The summed E-state index contributed by atoms with van der Waals surface area (Å²) >= 11 is 0. The fourth-order valence-electron chi connectivity index (χ4n) is 4.88. The van der Waals surface area contributed by atoms with Crippen molar-refractivity contribution in [2.24, 2.45) is 5.41 Å². The lowest BCUT2D eigenvalue weighted by Crippen LogP contribution is -2.30. The summed E-state index contributed by atoms with van der Waals surface area (Å²) < 4.78 is 56.4. The highest BCUT2D eigenvalue weighted by Crippen LogP contribution is 2.46. The van der Waals surface area contributed by atoms with Gasteiger partial charge in [0.15, 0.2) is 11.3 Å². The number of nitrogens with zero attached hydrogens (tertiary/aromatic N) is 1. The van der Waals surface area contributed by atoms with Gasteiger partial charge in [-0.05, 0) is 68.5 Å². The molecule has 6 nitrogen and oxygen atoms in total. The first-order valence-electron chi connectivity index (χ1n) is 12.1. The summed E-state index contributed by atoms with van der Waals surface area (Å²) in [4.78, 5) is 11.7. The smallest absolute Gasteiger partial charge is 0.437 e. The summed E-state index contributed by atoms with van der Waals surface area (Å²) in [6.45, 7) is 6.18. The number of ether oxygens (including phenoxy) is 2. The first-order valence-corrected chi connectivity index (χ1v) is 12.1. The Labute approximate surface area is 207 Å². The average molecular weight is 506 g/mol. The van der Waals surface area contributed by atoms with Crippen molar-refractivity contribution in [1.29, 1.82) is 0 Å². The quantitative estimate of drug-likeness (QED) is 0.306. The third-order valence-corrected chi connectivity index (χ3v) is 6.90. The second kappa shape index (κ2) is 10.0. The fourth-order valence-corrected chi connectivity index (χ4v) is 4.88. The minimum absolute atomic E-state index is 0.0290. The molecule has 0 unspecified atom stereocenters. The first kappa shape index (κ1) is 25.9.